The van der Waals surface area contributed by atoms with Crippen LogP contribution in [0.3, 0.4) is 0 Å². The van der Waals surface area contributed by atoms with Crippen molar-refractivity contribution in [3.8, 4) is 16.9 Å². The number of hydrogen-bond acceptors (Lipinski definition) is 4. The van der Waals surface area contributed by atoms with Gasteiger partial charge in [0.1, 0.15) is 23.2 Å². The number of ether oxygens (including phenoxy) is 1. The number of piperidine rings is 1. The van der Waals surface area contributed by atoms with Gasteiger partial charge >= 0.3 is 0 Å². The highest BCUT2D eigenvalue weighted by Crippen LogP contribution is 2.39. The molecule has 0 amide bonds. The fourth-order valence-electron chi connectivity index (χ4n) is 3.71. The lowest BCUT2D eigenvalue weighted by Gasteiger charge is -2.32. The fraction of sp³-hybridized carbons (Fsp3) is 0.286. The average molecular weight is 369 g/mol. The van der Waals surface area contributed by atoms with Gasteiger partial charge in [-0.25, -0.2) is 13.8 Å². The van der Waals surface area contributed by atoms with Gasteiger partial charge in [0.2, 0.25) is 0 Å². The second kappa shape index (κ2) is 7.12. The molecule has 0 aliphatic carbocycles. The van der Waals surface area contributed by atoms with Gasteiger partial charge < -0.3 is 15.4 Å². The van der Waals surface area contributed by atoms with E-state index in [-0.39, 0.29) is 6.04 Å². The number of anilines is 1. The van der Waals surface area contributed by atoms with Crippen molar-refractivity contribution in [2.24, 2.45) is 5.73 Å². The lowest BCUT2D eigenvalue weighted by atomic mass is 9.98. The molecule has 0 spiro atoms. The van der Waals surface area contributed by atoms with Crippen molar-refractivity contribution in [1.82, 2.24) is 4.98 Å². The number of pyridine rings is 1. The van der Waals surface area contributed by atoms with Crippen LogP contribution in [0, 0.1) is 11.6 Å². The number of aromatic nitrogens is 1. The van der Waals surface area contributed by atoms with Gasteiger partial charge in [0.05, 0.1) is 12.5 Å². The van der Waals surface area contributed by atoms with Crippen LogP contribution in [0.1, 0.15) is 12.8 Å². The van der Waals surface area contributed by atoms with E-state index < -0.39 is 11.6 Å². The van der Waals surface area contributed by atoms with Gasteiger partial charge in [-0.2, -0.15) is 0 Å². The molecule has 4 rings (SSSR count). The van der Waals surface area contributed by atoms with Crippen molar-refractivity contribution in [1.29, 1.82) is 0 Å². The second-order valence-electron chi connectivity index (χ2n) is 6.86. The molecule has 3 aromatic rings. The Kier molecular flexibility index (Phi) is 4.66. The van der Waals surface area contributed by atoms with E-state index in [9.17, 15) is 8.78 Å². The van der Waals surface area contributed by atoms with Gasteiger partial charge in [0.15, 0.2) is 0 Å². The molecule has 6 heteroatoms. The SMILES string of the molecule is COc1cccc2c(-c3cc(F)cc(F)c3)cnc(N3CCC(N)CC3)c12. The largest absolute Gasteiger partial charge is 0.496 e. The number of hydrogen-bond donors (Lipinski definition) is 1. The molecule has 0 radical (unpaired) electrons. The van der Waals surface area contributed by atoms with Crippen LogP contribution in [0.15, 0.2) is 42.6 Å². The third kappa shape index (κ3) is 3.32. The van der Waals surface area contributed by atoms with Crippen LogP contribution in [0.25, 0.3) is 21.9 Å². The van der Waals surface area contributed by atoms with Crippen molar-refractivity contribution < 1.29 is 13.5 Å². The maximum atomic E-state index is 13.8. The average Bonchev–Trinajstić information content (AvgIpc) is 2.66. The number of rotatable bonds is 3. The summed E-state index contributed by atoms with van der Waals surface area (Å²) in [5.41, 5.74) is 7.15. The lowest BCUT2D eigenvalue weighted by molar-refractivity contribution is 0.419. The molecule has 0 saturated carbocycles. The predicted octanol–water partition coefficient (Wildman–Crippen LogP) is 4.12. The second-order valence-corrected chi connectivity index (χ2v) is 6.86. The number of nitrogens with two attached hydrogens (primary N) is 1. The summed E-state index contributed by atoms with van der Waals surface area (Å²) in [5, 5.41) is 1.69. The van der Waals surface area contributed by atoms with Crippen molar-refractivity contribution in [2.45, 2.75) is 18.9 Å². The highest BCUT2D eigenvalue weighted by Gasteiger charge is 2.22. The Hall–Kier alpha value is -2.73. The first kappa shape index (κ1) is 17.7. The zero-order valence-corrected chi connectivity index (χ0v) is 15.1. The Balaban J connectivity index is 1.92. The van der Waals surface area contributed by atoms with E-state index in [0.717, 1.165) is 48.6 Å². The summed E-state index contributed by atoms with van der Waals surface area (Å²) < 4.78 is 33.1. The Morgan fingerprint density at radius 3 is 2.48 bits per heavy atom. The van der Waals surface area contributed by atoms with Gasteiger partial charge in [-0.1, -0.05) is 12.1 Å². The molecule has 1 saturated heterocycles. The van der Waals surface area contributed by atoms with E-state index in [1.807, 2.05) is 18.2 Å². The van der Waals surface area contributed by atoms with Gasteiger partial charge in [0.25, 0.3) is 0 Å². The molecule has 0 atom stereocenters. The number of halogens is 2. The van der Waals surface area contributed by atoms with E-state index in [1.165, 1.54) is 12.1 Å². The minimum Gasteiger partial charge on any atom is -0.496 e. The van der Waals surface area contributed by atoms with Gasteiger partial charge in [-0.05, 0) is 42.0 Å². The maximum Gasteiger partial charge on any atom is 0.140 e. The summed E-state index contributed by atoms with van der Waals surface area (Å²) in [4.78, 5) is 6.86. The molecule has 0 bridgehead atoms. The molecule has 2 heterocycles. The summed E-state index contributed by atoms with van der Waals surface area (Å²) in [5.74, 6) is 0.267. The molecule has 140 valence electrons. The van der Waals surface area contributed by atoms with E-state index in [0.29, 0.717) is 16.9 Å². The first-order valence-electron chi connectivity index (χ1n) is 8.99. The third-order valence-electron chi connectivity index (χ3n) is 5.09. The molecule has 27 heavy (non-hydrogen) atoms. The number of benzene rings is 2. The van der Waals surface area contributed by atoms with Gasteiger partial charge in [-0.15, -0.1) is 0 Å². The zero-order valence-electron chi connectivity index (χ0n) is 15.1. The lowest BCUT2D eigenvalue weighted by Crippen LogP contribution is -2.40. The van der Waals surface area contributed by atoms with E-state index in [2.05, 4.69) is 9.88 Å². The van der Waals surface area contributed by atoms with Crippen LogP contribution >= 0.6 is 0 Å². The Morgan fingerprint density at radius 1 is 1.11 bits per heavy atom. The highest BCUT2D eigenvalue weighted by atomic mass is 19.1. The van der Waals surface area contributed by atoms with Crippen molar-refractivity contribution in [2.75, 3.05) is 25.1 Å². The van der Waals surface area contributed by atoms with Crippen LogP contribution in [0.2, 0.25) is 0 Å². The van der Waals surface area contributed by atoms with Crippen LogP contribution < -0.4 is 15.4 Å². The monoisotopic (exact) mass is 369 g/mol. The topological polar surface area (TPSA) is 51.4 Å². The van der Waals surface area contributed by atoms with Crippen molar-refractivity contribution in [3.05, 3.63) is 54.2 Å². The van der Waals surface area contributed by atoms with Crippen LogP contribution in [0.5, 0.6) is 5.75 Å². The minimum absolute atomic E-state index is 0.212. The predicted molar refractivity (Wildman–Crippen MR) is 103 cm³/mol. The molecule has 1 aliphatic heterocycles. The summed E-state index contributed by atoms with van der Waals surface area (Å²) >= 11 is 0. The summed E-state index contributed by atoms with van der Waals surface area (Å²) in [6.45, 7) is 1.63. The fourth-order valence-corrected chi connectivity index (χ4v) is 3.71. The van der Waals surface area contributed by atoms with Gasteiger partial charge in [0, 0.05) is 37.0 Å². The molecular weight excluding hydrogens is 348 g/mol. The van der Waals surface area contributed by atoms with Crippen LogP contribution in [0.4, 0.5) is 14.6 Å². The van der Waals surface area contributed by atoms with Gasteiger partial charge in [-0.3, -0.25) is 0 Å². The number of nitrogens with zero attached hydrogens (tertiary/aromatic N) is 2. The summed E-state index contributed by atoms with van der Waals surface area (Å²) in [7, 11) is 1.61. The van der Waals surface area contributed by atoms with E-state index in [1.54, 1.807) is 13.3 Å². The van der Waals surface area contributed by atoms with Crippen LogP contribution in [-0.2, 0) is 0 Å². The molecule has 1 aromatic heterocycles. The Labute approximate surface area is 156 Å². The van der Waals surface area contributed by atoms with E-state index >= 15 is 0 Å². The molecule has 2 aromatic carbocycles. The molecule has 1 fully saturated rings. The molecule has 1 aliphatic rings. The Morgan fingerprint density at radius 2 is 1.81 bits per heavy atom. The van der Waals surface area contributed by atoms with Crippen molar-refractivity contribution in [3.63, 3.8) is 0 Å². The molecule has 0 unspecified atom stereocenters. The standard InChI is InChI=1S/C21H21F2N3O/c1-27-19-4-2-3-17-18(13-9-14(22)11-15(23)10-13)12-25-21(20(17)19)26-7-5-16(24)6-8-26/h2-4,9-12,16H,5-8,24H2,1H3. The zero-order chi connectivity index (χ0) is 19.0. The van der Waals surface area contributed by atoms with E-state index in [4.69, 9.17) is 10.5 Å². The first-order chi connectivity index (χ1) is 13.1. The first-order valence-corrected chi connectivity index (χ1v) is 8.99. The van der Waals surface area contributed by atoms with Crippen LogP contribution in [-0.4, -0.2) is 31.2 Å². The molecule has 4 nitrogen and oxygen atoms in total. The number of methoxy groups -OCH3 is 1. The molecule has 2 N–H and O–H groups in total. The summed E-state index contributed by atoms with van der Waals surface area (Å²) in [6, 6.07) is 9.39. The van der Waals surface area contributed by atoms with Crippen molar-refractivity contribution >= 4 is 16.6 Å². The number of fused-ring (bicyclic) bond motifs is 1. The maximum absolute atomic E-state index is 13.8. The molecular formula is C21H21F2N3O. The highest BCUT2D eigenvalue weighted by molar-refractivity contribution is 6.05. The normalized spacial score (nSPS) is 15.3. The smallest absolute Gasteiger partial charge is 0.140 e. The minimum atomic E-state index is -0.616. The Bertz CT molecular complexity index is 964. The quantitative estimate of drug-likeness (QED) is 0.755. The third-order valence-corrected chi connectivity index (χ3v) is 5.09. The summed E-state index contributed by atoms with van der Waals surface area (Å²) in [6.07, 6.45) is 3.48.